The number of benzene rings is 1. The van der Waals surface area contributed by atoms with Crippen molar-refractivity contribution in [1.29, 1.82) is 0 Å². The second kappa shape index (κ2) is 5.75. The van der Waals surface area contributed by atoms with E-state index in [2.05, 4.69) is 20.6 Å². The van der Waals surface area contributed by atoms with Crippen LogP contribution in [0.15, 0.2) is 24.3 Å². The van der Waals surface area contributed by atoms with E-state index >= 15 is 0 Å². The van der Waals surface area contributed by atoms with Gasteiger partial charge in [-0.25, -0.2) is 0 Å². The van der Waals surface area contributed by atoms with Crippen molar-refractivity contribution in [3.8, 4) is 5.75 Å². The first-order valence-electron chi connectivity index (χ1n) is 7.32. The Bertz CT molecular complexity index is 658. The lowest BCUT2D eigenvalue weighted by Crippen LogP contribution is -2.41. The Morgan fingerprint density at radius 3 is 2.91 bits per heavy atom. The third-order valence-corrected chi connectivity index (χ3v) is 4.09. The van der Waals surface area contributed by atoms with Gasteiger partial charge in [0.1, 0.15) is 5.75 Å². The average Bonchev–Trinajstić information content (AvgIpc) is 3.15. The lowest BCUT2D eigenvalue weighted by Gasteiger charge is -2.24. The number of carbonyl (C=O) groups is 1. The molecule has 1 aliphatic rings. The summed E-state index contributed by atoms with van der Waals surface area (Å²) in [6.07, 6.45) is -0.472. The number of aromatic amines is 1. The van der Waals surface area contributed by atoms with Crippen LogP contribution in [0.3, 0.4) is 0 Å². The van der Waals surface area contributed by atoms with E-state index in [0.717, 1.165) is 11.3 Å². The molecule has 1 amide bonds. The Morgan fingerprint density at radius 1 is 1.45 bits per heavy atom. The van der Waals surface area contributed by atoms with Crippen LogP contribution in [0.25, 0.3) is 0 Å². The Labute approximate surface area is 128 Å². The monoisotopic (exact) mass is 301 g/mol. The van der Waals surface area contributed by atoms with Gasteiger partial charge in [-0.1, -0.05) is 37.3 Å². The van der Waals surface area contributed by atoms with E-state index in [1.165, 1.54) is 0 Å². The van der Waals surface area contributed by atoms with Gasteiger partial charge in [-0.2, -0.15) is 5.21 Å². The summed E-state index contributed by atoms with van der Waals surface area (Å²) in [4.78, 5) is 14.3. The smallest absolute Gasteiger partial charge is 0.264 e. The highest BCUT2D eigenvalue weighted by molar-refractivity contribution is 5.83. The third kappa shape index (κ3) is 2.54. The molecule has 3 atom stereocenters. The van der Waals surface area contributed by atoms with Crippen LogP contribution in [-0.2, 0) is 4.79 Å². The summed E-state index contributed by atoms with van der Waals surface area (Å²) < 4.78 is 5.83. The molecule has 0 saturated carbocycles. The summed E-state index contributed by atoms with van der Waals surface area (Å²) in [6.45, 7) is 4.49. The van der Waals surface area contributed by atoms with Gasteiger partial charge in [0.2, 0.25) is 0 Å². The van der Waals surface area contributed by atoms with Gasteiger partial charge >= 0.3 is 0 Å². The van der Waals surface area contributed by atoms with Gasteiger partial charge in [0, 0.05) is 31.0 Å². The molecule has 1 N–H and O–H groups in total. The summed E-state index contributed by atoms with van der Waals surface area (Å²) in [6, 6.07) is 7.80. The fraction of sp³-hybridized carbons (Fsp3) is 0.467. The van der Waals surface area contributed by atoms with Gasteiger partial charge in [-0.15, -0.1) is 10.2 Å². The number of aromatic nitrogens is 4. The van der Waals surface area contributed by atoms with Crippen molar-refractivity contribution in [1.82, 2.24) is 25.5 Å². The van der Waals surface area contributed by atoms with Crippen molar-refractivity contribution in [2.24, 2.45) is 0 Å². The number of amides is 1. The molecule has 0 spiro atoms. The maximum absolute atomic E-state index is 12.7. The number of para-hydroxylation sites is 1. The second-order valence-corrected chi connectivity index (χ2v) is 5.75. The first-order valence-corrected chi connectivity index (χ1v) is 7.32. The van der Waals surface area contributed by atoms with Crippen LogP contribution in [0.1, 0.15) is 37.1 Å². The molecule has 1 aliphatic heterocycles. The first kappa shape index (κ1) is 14.5. The van der Waals surface area contributed by atoms with E-state index in [1.807, 2.05) is 38.1 Å². The van der Waals surface area contributed by atoms with Crippen molar-refractivity contribution in [3.05, 3.63) is 35.7 Å². The molecule has 7 nitrogen and oxygen atoms in total. The van der Waals surface area contributed by atoms with Crippen LogP contribution in [0.2, 0.25) is 0 Å². The predicted molar refractivity (Wildman–Crippen MR) is 79.5 cm³/mol. The zero-order chi connectivity index (χ0) is 15.7. The van der Waals surface area contributed by atoms with E-state index in [1.54, 1.807) is 11.9 Å². The molecule has 0 fully saturated rings. The van der Waals surface area contributed by atoms with Gasteiger partial charge < -0.3 is 9.64 Å². The van der Waals surface area contributed by atoms with Crippen molar-refractivity contribution >= 4 is 5.91 Å². The number of hydrogen-bond acceptors (Lipinski definition) is 5. The second-order valence-electron chi connectivity index (χ2n) is 5.75. The van der Waals surface area contributed by atoms with Crippen LogP contribution in [0.4, 0.5) is 0 Å². The van der Waals surface area contributed by atoms with Gasteiger partial charge in [0.05, 0.1) is 0 Å². The highest BCUT2D eigenvalue weighted by Gasteiger charge is 2.37. The highest BCUT2D eigenvalue weighted by Crippen LogP contribution is 2.38. The van der Waals surface area contributed by atoms with Crippen molar-refractivity contribution < 1.29 is 9.53 Å². The molecule has 7 heteroatoms. The highest BCUT2D eigenvalue weighted by atomic mass is 16.5. The van der Waals surface area contributed by atoms with Gasteiger partial charge in [-0.3, -0.25) is 4.79 Å². The minimum absolute atomic E-state index is 0.00628. The first-order chi connectivity index (χ1) is 10.6. The minimum Gasteiger partial charge on any atom is -0.480 e. The lowest BCUT2D eigenvalue weighted by atomic mass is 9.96. The number of carbonyl (C=O) groups excluding carboxylic acids is 1. The number of hydrogen-bond donors (Lipinski definition) is 1. The van der Waals surface area contributed by atoms with E-state index < -0.39 is 6.10 Å². The molecular weight excluding hydrogens is 282 g/mol. The topological polar surface area (TPSA) is 84.0 Å². The molecule has 22 heavy (non-hydrogen) atoms. The molecule has 116 valence electrons. The zero-order valence-corrected chi connectivity index (χ0v) is 12.9. The number of fused-ring (bicyclic) bond motifs is 1. The SMILES string of the molecule is C[C@H](CN(C)C(=O)[C@H]1Oc2ccccc2[C@@H]1C)c1nn[nH]n1. The Hall–Kier alpha value is -2.44. The van der Waals surface area contributed by atoms with Crippen LogP contribution in [-0.4, -0.2) is 51.1 Å². The van der Waals surface area contributed by atoms with Gasteiger partial charge in [-0.05, 0) is 6.07 Å². The lowest BCUT2D eigenvalue weighted by molar-refractivity contribution is -0.137. The largest absolute Gasteiger partial charge is 0.480 e. The molecule has 2 aromatic rings. The average molecular weight is 301 g/mol. The Balaban J connectivity index is 1.67. The Kier molecular flexibility index (Phi) is 3.79. The number of nitrogens with one attached hydrogen (secondary N) is 1. The van der Waals surface area contributed by atoms with Crippen LogP contribution in [0.5, 0.6) is 5.75 Å². The quantitative estimate of drug-likeness (QED) is 0.921. The maximum atomic E-state index is 12.7. The van der Waals surface area contributed by atoms with E-state index in [0.29, 0.717) is 12.4 Å². The molecule has 1 aromatic heterocycles. The molecule has 2 heterocycles. The van der Waals surface area contributed by atoms with Crippen molar-refractivity contribution in [3.63, 3.8) is 0 Å². The van der Waals surface area contributed by atoms with Crippen molar-refractivity contribution in [2.45, 2.75) is 31.8 Å². The summed E-state index contributed by atoms with van der Waals surface area (Å²) >= 11 is 0. The third-order valence-electron chi connectivity index (χ3n) is 4.09. The van der Waals surface area contributed by atoms with Crippen LogP contribution >= 0.6 is 0 Å². The summed E-state index contributed by atoms with van der Waals surface area (Å²) in [5.74, 6) is 1.42. The standard InChI is InChI=1S/C15H19N5O2/c1-9(14-16-18-19-17-14)8-20(3)15(21)13-10(2)11-6-4-5-7-12(11)22-13/h4-7,9-10,13H,8H2,1-3H3,(H,16,17,18,19)/t9-,10+,13+/m1/s1. The summed E-state index contributed by atoms with van der Waals surface area (Å²) in [5, 5.41) is 13.9. The number of tetrazole rings is 1. The molecule has 0 aliphatic carbocycles. The number of rotatable bonds is 4. The molecule has 0 bridgehead atoms. The number of likely N-dealkylation sites (N-methyl/N-ethyl adjacent to an activating group) is 1. The minimum atomic E-state index is -0.472. The normalized spacial score (nSPS) is 21.0. The Morgan fingerprint density at radius 2 is 2.23 bits per heavy atom. The molecule has 0 saturated heterocycles. The summed E-state index contributed by atoms with van der Waals surface area (Å²) in [7, 11) is 1.78. The van der Waals surface area contributed by atoms with Crippen LogP contribution < -0.4 is 4.74 Å². The fourth-order valence-electron chi connectivity index (χ4n) is 2.81. The van der Waals surface area contributed by atoms with Gasteiger partial charge in [0.15, 0.2) is 11.9 Å². The zero-order valence-electron chi connectivity index (χ0n) is 12.9. The van der Waals surface area contributed by atoms with Gasteiger partial charge in [0.25, 0.3) is 5.91 Å². The predicted octanol–water partition coefficient (Wildman–Crippen LogP) is 1.33. The maximum Gasteiger partial charge on any atom is 0.264 e. The van der Waals surface area contributed by atoms with E-state index in [9.17, 15) is 4.79 Å². The van der Waals surface area contributed by atoms with Crippen molar-refractivity contribution in [2.75, 3.05) is 13.6 Å². The molecule has 0 unspecified atom stereocenters. The number of nitrogens with zero attached hydrogens (tertiary/aromatic N) is 4. The van der Waals surface area contributed by atoms with E-state index in [4.69, 9.17) is 4.74 Å². The fourth-order valence-corrected chi connectivity index (χ4v) is 2.81. The van der Waals surface area contributed by atoms with Crippen LogP contribution in [0, 0.1) is 0 Å². The molecule has 0 radical (unpaired) electrons. The summed E-state index contributed by atoms with van der Waals surface area (Å²) in [5.41, 5.74) is 1.08. The number of H-pyrrole nitrogens is 1. The number of ether oxygens (including phenoxy) is 1. The molecule has 1 aromatic carbocycles. The van der Waals surface area contributed by atoms with E-state index in [-0.39, 0.29) is 17.7 Å². The molecule has 3 rings (SSSR count). The molecular formula is C15H19N5O2.